The van der Waals surface area contributed by atoms with E-state index < -0.39 is 6.04 Å². The number of nitrogens with zero attached hydrogens (tertiary/aromatic N) is 1. The van der Waals surface area contributed by atoms with Crippen LogP contribution < -0.4 is 10.1 Å². The van der Waals surface area contributed by atoms with Crippen LogP contribution in [0.4, 0.5) is 0 Å². The first-order chi connectivity index (χ1) is 13.0. The quantitative estimate of drug-likeness (QED) is 0.779. The van der Waals surface area contributed by atoms with Crippen molar-refractivity contribution in [2.45, 2.75) is 39.3 Å². The molecule has 2 amide bonds. The van der Waals surface area contributed by atoms with Crippen molar-refractivity contribution >= 4 is 11.8 Å². The van der Waals surface area contributed by atoms with Gasteiger partial charge in [-0.1, -0.05) is 48.9 Å². The SMILES string of the molecule is CC[C@H](C(=O)NC)N(Cc1ccc(OC)cc1)C(=O)Cc1cccc(C)c1. The molecule has 0 radical (unpaired) electrons. The highest BCUT2D eigenvalue weighted by Crippen LogP contribution is 2.17. The molecule has 2 rings (SSSR count). The Labute approximate surface area is 161 Å². The van der Waals surface area contributed by atoms with Crippen LogP contribution in [0.15, 0.2) is 48.5 Å². The minimum absolute atomic E-state index is 0.0631. The number of methoxy groups -OCH3 is 1. The molecule has 2 aromatic carbocycles. The van der Waals surface area contributed by atoms with Crippen LogP contribution in [-0.2, 0) is 22.6 Å². The van der Waals surface area contributed by atoms with Crippen LogP contribution in [0.5, 0.6) is 5.75 Å². The van der Waals surface area contributed by atoms with E-state index in [9.17, 15) is 9.59 Å². The molecule has 1 atom stereocenters. The van der Waals surface area contributed by atoms with Crippen molar-refractivity contribution in [2.75, 3.05) is 14.2 Å². The Hall–Kier alpha value is -2.82. The molecule has 0 spiro atoms. The first-order valence-corrected chi connectivity index (χ1v) is 9.18. The summed E-state index contributed by atoms with van der Waals surface area (Å²) in [5, 5.41) is 2.68. The minimum Gasteiger partial charge on any atom is -0.497 e. The Balaban J connectivity index is 2.26. The third-order valence-electron chi connectivity index (χ3n) is 4.58. The average Bonchev–Trinajstić information content (AvgIpc) is 2.68. The summed E-state index contributed by atoms with van der Waals surface area (Å²) >= 11 is 0. The summed E-state index contributed by atoms with van der Waals surface area (Å²) in [4.78, 5) is 27.1. The van der Waals surface area contributed by atoms with E-state index in [2.05, 4.69) is 5.32 Å². The highest BCUT2D eigenvalue weighted by atomic mass is 16.5. The Morgan fingerprint density at radius 3 is 2.37 bits per heavy atom. The third-order valence-corrected chi connectivity index (χ3v) is 4.58. The van der Waals surface area contributed by atoms with Crippen LogP contribution in [0.1, 0.15) is 30.0 Å². The van der Waals surface area contributed by atoms with Gasteiger partial charge < -0.3 is 15.0 Å². The fourth-order valence-electron chi connectivity index (χ4n) is 3.11. The van der Waals surface area contributed by atoms with E-state index in [1.807, 2.05) is 62.4 Å². The molecule has 5 nitrogen and oxygen atoms in total. The molecule has 0 aliphatic heterocycles. The monoisotopic (exact) mass is 368 g/mol. The van der Waals surface area contributed by atoms with Gasteiger partial charge in [-0.15, -0.1) is 0 Å². The van der Waals surface area contributed by atoms with Crippen molar-refractivity contribution in [1.29, 1.82) is 0 Å². The van der Waals surface area contributed by atoms with Gasteiger partial charge in [-0.25, -0.2) is 0 Å². The molecule has 0 aliphatic rings. The number of ether oxygens (including phenoxy) is 1. The van der Waals surface area contributed by atoms with Gasteiger partial charge in [0.15, 0.2) is 0 Å². The predicted octanol–water partition coefficient (Wildman–Crippen LogP) is 3.10. The number of likely N-dealkylation sites (N-methyl/N-ethyl adjacent to an activating group) is 1. The number of rotatable bonds is 8. The molecule has 0 saturated heterocycles. The van der Waals surface area contributed by atoms with Crippen LogP contribution in [0.25, 0.3) is 0 Å². The van der Waals surface area contributed by atoms with Crippen LogP contribution in [0.2, 0.25) is 0 Å². The maximum atomic E-state index is 13.1. The topological polar surface area (TPSA) is 58.6 Å². The summed E-state index contributed by atoms with van der Waals surface area (Å²) < 4.78 is 5.19. The van der Waals surface area contributed by atoms with Gasteiger partial charge in [-0.05, 0) is 36.6 Å². The molecule has 144 valence electrons. The highest BCUT2D eigenvalue weighted by Gasteiger charge is 2.28. The fourth-order valence-corrected chi connectivity index (χ4v) is 3.11. The standard InChI is InChI=1S/C22H28N2O3/c1-5-20(22(26)23-3)24(15-17-9-11-19(27-4)12-10-17)21(25)14-18-8-6-7-16(2)13-18/h6-13,20H,5,14-15H2,1-4H3,(H,23,26)/t20-/m1/s1. The van der Waals surface area contributed by atoms with Crippen molar-refractivity contribution in [1.82, 2.24) is 10.2 Å². The van der Waals surface area contributed by atoms with Gasteiger partial charge in [0.2, 0.25) is 11.8 Å². The molecule has 0 aromatic heterocycles. The van der Waals surface area contributed by atoms with E-state index in [4.69, 9.17) is 4.74 Å². The summed E-state index contributed by atoms with van der Waals surface area (Å²) in [6, 6.07) is 14.9. The first-order valence-electron chi connectivity index (χ1n) is 9.18. The van der Waals surface area contributed by atoms with Crippen molar-refractivity contribution in [3.8, 4) is 5.75 Å². The van der Waals surface area contributed by atoms with Crippen molar-refractivity contribution in [3.05, 3.63) is 65.2 Å². The zero-order valence-electron chi connectivity index (χ0n) is 16.5. The van der Waals surface area contributed by atoms with E-state index in [1.165, 1.54) is 0 Å². The second kappa shape index (κ2) is 9.76. The molecular formula is C22H28N2O3. The van der Waals surface area contributed by atoms with Gasteiger partial charge in [-0.2, -0.15) is 0 Å². The summed E-state index contributed by atoms with van der Waals surface area (Å²) in [6.07, 6.45) is 0.820. The van der Waals surface area contributed by atoms with Crippen LogP contribution in [-0.4, -0.2) is 36.9 Å². The van der Waals surface area contributed by atoms with Gasteiger partial charge in [-0.3, -0.25) is 9.59 Å². The van der Waals surface area contributed by atoms with E-state index in [1.54, 1.807) is 19.1 Å². The van der Waals surface area contributed by atoms with Crippen LogP contribution in [0.3, 0.4) is 0 Å². The van der Waals surface area contributed by atoms with Gasteiger partial charge in [0.1, 0.15) is 11.8 Å². The number of amides is 2. The maximum Gasteiger partial charge on any atom is 0.242 e. The molecule has 1 N–H and O–H groups in total. The van der Waals surface area contributed by atoms with Gasteiger partial charge in [0.05, 0.1) is 13.5 Å². The Morgan fingerprint density at radius 1 is 1.11 bits per heavy atom. The average molecular weight is 368 g/mol. The summed E-state index contributed by atoms with van der Waals surface area (Å²) in [5.41, 5.74) is 3.02. The van der Waals surface area contributed by atoms with Crippen LogP contribution >= 0.6 is 0 Å². The molecule has 0 bridgehead atoms. The number of nitrogens with one attached hydrogen (secondary N) is 1. The van der Waals surface area contributed by atoms with Crippen molar-refractivity contribution < 1.29 is 14.3 Å². The minimum atomic E-state index is -0.505. The molecule has 0 unspecified atom stereocenters. The first kappa shape index (κ1) is 20.5. The predicted molar refractivity (Wildman–Crippen MR) is 107 cm³/mol. The van der Waals surface area contributed by atoms with Gasteiger partial charge >= 0.3 is 0 Å². The van der Waals surface area contributed by atoms with Gasteiger partial charge in [0, 0.05) is 13.6 Å². The molecule has 0 heterocycles. The largest absolute Gasteiger partial charge is 0.497 e. The lowest BCUT2D eigenvalue weighted by atomic mass is 10.1. The molecule has 0 fully saturated rings. The molecule has 27 heavy (non-hydrogen) atoms. The van der Waals surface area contributed by atoms with E-state index in [0.29, 0.717) is 13.0 Å². The Bertz CT molecular complexity index is 771. The number of hydrogen-bond donors (Lipinski definition) is 1. The number of hydrogen-bond acceptors (Lipinski definition) is 3. The van der Waals surface area contributed by atoms with E-state index >= 15 is 0 Å². The molecular weight excluding hydrogens is 340 g/mol. The van der Waals surface area contributed by atoms with E-state index in [0.717, 1.165) is 22.4 Å². The number of aryl methyl sites for hydroxylation is 1. The third kappa shape index (κ3) is 5.58. The second-order valence-corrected chi connectivity index (χ2v) is 6.57. The zero-order valence-corrected chi connectivity index (χ0v) is 16.5. The van der Waals surface area contributed by atoms with Crippen molar-refractivity contribution in [2.24, 2.45) is 0 Å². The highest BCUT2D eigenvalue weighted by molar-refractivity contribution is 5.88. The lowest BCUT2D eigenvalue weighted by Gasteiger charge is -2.30. The summed E-state index contributed by atoms with van der Waals surface area (Å²) in [7, 11) is 3.22. The Kier molecular flexibility index (Phi) is 7.41. The smallest absolute Gasteiger partial charge is 0.242 e. The van der Waals surface area contributed by atoms with Crippen molar-refractivity contribution in [3.63, 3.8) is 0 Å². The fraction of sp³-hybridized carbons (Fsp3) is 0.364. The molecule has 5 heteroatoms. The molecule has 2 aromatic rings. The van der Waals surface area contributed by atoms with Gasteiger partial charge in [0.25, 0.3) is 0 Å². The second-order valence-electron chi connectivity index (χ2n) is 6.57. The summed E-state index contributed by atoms with van der Waals surface area (Å²) in [5.74, 6) is 0.546. The number of benzene rings is 2. The lowest BCUT2D eigenvalue weighted by molar-refractivity contribution is -0.140. The molecule has 0 aliphatic carbocycles. The van der Waals surface area contributed by atoms with E-state index in [-0.39, 0.29) is 18.2 Å². The number of carbonyl (C=O) groups is 2. The van der Waals surface area contributed by atoms with Crippen LogP contribution in [0, 0.1) is 6.92 Å². The zero-order chi connectivity index (χ0) is 19.8. The summed E-state index contributed by atoms with van der Waals surface area (Å²) in [6.45, 7) is 4.30. The normalized spacial score (nSPS) is 11.6. The Morgan fingerprint density at radius 2 is 1.81 bits per heavy atom. The molecule has 0 saturated carbocycles. The maximum absolute atomic E-state index is 13.1. The lowest BCUT2D eigenvalue weighted by Crippen LogP contribution is -2.48. The number of carbonyl (C=O) groups excluding carboxylic acids is 2.